The minimum absolute atomic E-state index is 0. The third kappa shape index (κ3) is 2.20. The van der Waals surface area contributed by atoms with Gasteiger partial charge in [0.15, 0.2) is 0 Å². The molecule has 0 bridgehead atoms. The number of carboxylic acid groups (broad SMARTS) is 1. The molecule has 0 amide bonds. The van der Waals surface area contributed by atoms with Gasteiger partial charge in [-0.15, -0.1) is 12.4 Å². The number of benzene rings is 2. The zero-order valence-corrected chi connectivity index (χ0v) is 11.9. The number of carboxylic acids is 1. The normalized spacial score (nSPS) is 21.4. The van der Waals surface area contributed by atoms with Gasteiger partial charge in [0.25, 0.3) is 0 Å². The summed E-state index contributed by atoms with van der Waals surface area (Å²) in [6.45, 7) is 0. The van der Waals surface area contributed by atoms with Crippen LogP contribution in [0.3, 0.4) is 0 Å². The summed E-state index contributed by atoms with van der Waals surface area (Å²) in [5.41, 5.74) is 0.0492. The lowest BCUT2D eigenvalue weighted by Gasteiger charge is -2.30. The van der Waals surface area contributed by atoms with Crippen molar-refractivity contribution in [2.75, 3.05) is 0 Å². The maximum Gasteiger partial charge on any atom is 0.318 e. The molecule has 1 aliphatic rings. The van der Waals surface area contributed by atoms with E-state index in [-0.39, 0.29) is 12.4 Å². The molecule has 2 aromatic carbocycles. The Kier molecular flexibility index (Phi) is 4.15. The topological polar surface area (TPSA) is 37.3 Å². The van der Waals surface area contributed by atoms with Crippen molar-refractivity contribution in [3.8, 4) is 0 Å². The van der Waals surface area contributed by atoms with Gasteiger partial charge in [0, 0.05) is 0 Å². The summed E-state index contributed by atoms with van der Waals surface area (Å²) in [7, 11) is 0. The highest BCUT2D eigenvalue weighted by molar-refractivity contribution is 5.94. The second-order valence-electron chi connectivity index (χ2n) is 5.10. The van der Waals surface area contributed by atoms with Crippen LogP contribution in [0.25, 0.3) is 10.8 Å². The molecule has 2 aromatic rings. The van der Waals surface area contributed by atoms with Gasteiger partial charge in [-0.25, -0.2) is 0 Å². The first-order valence-electron chi connectivity index (χ1n) is 6.63. The number of hydrogen-bond acceptors (Lipinski definition) is 1. The van der Waals surface area contributed by atoms with Gasteiger partial charge in [0.05, 0.1) is 0 Å². The Hall–Kier alpha value is -1.80. The summed E-state index contributed by atoms with van der Waals surface area (Å²) >= 11 is 0. The number of allylic oxidation sites excluding steroid dienone is 1. The van der Waals surface area contributed by atoms with Crippen LogP contribution >= 0.6 is 12.4 Å². The summed E-state index contributed by atoms with van der Waals surface area (Å²) in [6.07, 6.45) is 6.44. The van der Waals surface area contributed by atoms with Crippen molar-refractivity contribution in [1.29, 1.82) is 0 Å². The third-order valence-corrected chi connectivity index (χ3v) is 4.00. The highest BCUT2D eigenvalue weighted by Crippen LogP contribution is 2.39. The van der Waals surface area contributed by atoms with E-state index in [1.54, 1.807) is 0 Å². The zero-order valence-electron chi connectivity index (χ0n) is 11.1. The minimum atomic E-state index is -0.862. The first kappa shape index (κ1) is 14.6. The summed E-state index contributed by atoms with van der Waals surface area (Å²) < 4.78 is 0. The van der Waals surface area contributed by atoms with Crippen molar-refractivity contribution in [3.63, 3.8) is 0 Å². The van der Waals surface area contributed by atoms with Crippen LogP contribution in [0.15, 0.2) is 54.6 Å². The van der Waals surface area contributed by atoms with Crippen LogP contribution in [0, 0.1) is 0 Å². The molecule has 0 aliphatic heterocycles. The van der Waals surface area contributed by atoms with E-state index >= 15 is 0 Å². The Morgan fingerprint density at radius 3 is 2.55 bits per heavy atom. The van der Waals surface area contributed by atoms with E-state index in [0.29, 0.717) is 6.42 Å². The summed E-state index contributed by atoms with van der Waals surface area (Å²) in [5, 5.41) is 11.9. The number of fused-ring (bicyclic) bond motifs is 1. The van der Waals surface area contributed by atoms with Crippen LogP contribution in [-0.4, -0.2) is 11.1 Å². The molecule has 0 fully saturated rings. The highest BCUT2D eigenvalue weighted by atomic mass is 35.5. The van der Waals surface area contributed by atoms with Gasteiger partial charge in [0.1, 0.15) is 5.41 Å². The van der Waals surface area contributed by atoms with Crippen molar-refractivity contribution in [3.05, 3.63) is 60.2 Å². The molecule has 2 nitrogen and oxygen atoms in total. The molecule has 1 aliphatic carbocycles. The predicted molar refractivity (Wildman–Crippen MR) is 83.5 cm³/mol. The second-order valence-corrected chi connectivity index (χ2v) is 5.10. The molecule has 0 heterocycles. The Morgan fingerprint density at radius 2 is 1.85 bits per heavy atom. The highest BCUT2D eigenvalue weighted by Gasteiger charge is 2.39. The van der Waals surface area contributed by atoms with E-state index in [0.717, 1.165) is 29.2 Å². The molecule has 0 saturated carbocycles. The minimum Gasteiger partial charge on any atom is -0.480 e. The van der Waals surface area contributed by atoms with E-state index in [1.165, 1.54) is 0 Å². The fourth-order valence-corrected chi connectivity index (χ4v) is 3.00. The van der Waals surface area contributed by atoms with Crippen LogP contribution in [0.2, 0.25) is 0 Å². The standard InChI is InChI=1S/C17H16O2.ClH/c18-16(19)17(11-4-1-5-12-17)15-10-6-8-13-7-2-3-9-14(13)15;/h2-4,6-11H,1,5,12H2,(H,18,19);1H. The molecular weight excluding hydrogens is 272 g/mol. The van der Waals surface area contributed by atoms with Gasteiger partial charge < -0.3 is 5.11 Å². The number of aliphatic carboxylic acids is 1. The van der Waals surface area contributed by atoms with Crippen molar-refractivity contribution < 1.29 is 9.90 Å². The Bertz CT molecular complexity index is 658. The summed E-state index contributed by atoms with van der Waals surface area (Å²) in [4.78, 5) is 11.9. The van der Waals surface area contributed by atoms with Gasteiger partial charge in [-0.1, -0.05) is 54.6 Å². The largest absolute Gasteiger partial charge is 0.480 e. The number of rotatable bonds is 2. The summed E-state index contributed by atoms with van der Waals surface area (Å²) in [5.74, 6) is -0.750. The maximum atomic E-state index is 11.9. The number of hydrogen-bond donors (Lipinski definition) is 1. The lowest BCUT2D eigenvalue weighted by Crippen LogP contribution is -2.35. The van der Waals surface area contributed by atoms with Crippen LogP contribution in [0.4, 0.5) is 0 Å². The van der Waals surface area contributed by atoms with Gasteiger partial charge in [-0.2, -0.15) is 0 Å². The fourth-order valence-electron chi connectivity index (χ4n) is 3.00. The van der Waals surface area contributed by atoms with E-state index < -0.39 is 11.4 Å². The van der Waals surface area contributed by atoms with E-state index in [4.69, 9.17) is 0 Å². The monoisotopic (exact) mass is 288 g/mol. The molecule has 20 heavy (non-hydrogen) atoms. The lowest BCUT2D eigenvalue weighted by atomic mass is 9.72. The SMILES string of the molecule is Cl.O=C(O)C1(c2cccc3ccccc23)C=CCCC1. The molecule has 104 valence electrons. The Morgan fingerprint density at radius 1 is 1.10 bits per heavy atom. The van der Waals surface area contributed by atoms with Crippen LogP contribution in [-0.2, 0) is 10.2 Å². The first-order valence-corrected chi connectivity index (χ1v) is 6.63. The van der Waals surface area contributed by atoms with Crippen molar-refractivity contribution >= 4 is 29.1 Å². The van der Waals surface area contributed by atoms with Gasteiger partial charge in [-0.3, -0.25) is 4.79 Å². The van der Waals surface area contributed by atoms with Gasteiger partial charge >= 0.3 is 5.97 Å². The van der Waals surface area contributed by atoms with Crippen LogP contribution in [0.1, 0.15) is 24.8 Å². The molecule has 1 N–H and O–H groups in total. The fraction of sp³-hybridized carbons (Fsp3) is 0.235. The smallest absolute Gasteiger partial charge is 0.318 e. The predicted octanol–water partition coefficient (Wildman–Crippen LogP) is 4.32. The molecule has 3 heteroatoms. The molecular formula is C17H17ClO2. The van der Waals surface area contributed by atoms with Crippen molar-refractivity contribution in [1.82, 2.24) is 0 Å². The van der Waals surface area contributed by atoms with Gasteiger partial charge in [-0.05, 0) is 35.6 Å². The zero-order chi connectivity index (χ0) is 13.3. The van der Waals surface area contributed by atoms with Crippen LogP contribution in [0.5, 0.6) is 0 Å². The maximum absolute atomic E-state index is 11.9. The molecule has 0 spiro atoms. The van der Waals surface area contributed by atoms with Crippen molar-refractivity contribution in [2.45, 2.75) is 24.7 Å². The van der Waals surface area contributed by atoms with Crippen molar-refractivity contribution in [2.24, 2.45) is 0 Å². The molecule has 1 unspecified atom stereocenters. The Balaban J connectivity index is 0.00000147. The van der Waals surface area contributed by atoms with Crippen LogP contribution < -0.4 is 0 Å². The quantitative estimate of drug-likeness (QED) is 0.836. The molecule has 3 rings (SSSR count). The molecule has 0 radical (unpaired) electrons. The first-order chi connectivity index (χ1) is 9.24. The average molecular weight is 289 g/mol. The molecule has 0 aromatic heterocycles. The van der Waals surface area contributed by atoms with E-state index in [1.807, 2.05) is 54.6 Å². The lowest BCUT2D eigenvalue weighted by molar-refractivity contribution is -0.142. The summed E-state index contributed by atoms with van der Waals surface area (Å²) in [6, 6.07) is 13.9. The molecule has 0 saturated heterocycles. The third-order valence-electron chi connectivity index (χ3n) is 4.00. The van der Waals surface area contributed by atoms with Gasteiger partial charge in [0.2, 0.25) is 0 Å². The van der Waals surface area contributed by atoms with E-state index in [9.17, 15) is 9.90 Å². The molecule has 1 atom stereocenters. The number of carbonyl (C=O) groups is 1. The average Bonchev–Trinajstić information content (AvgIpc) is 2.47. The second kappa shape index (κ2) is 5.68. The number of halogens is 1. The Labute approximate surface area is 124 Å². The van der Waals surface area contributed by atoms with E-state index in [2.05, 4.69) is 0 Å².